The zero-order valence-electron chi connectivity index (χ0n) is 13.8. The molecule has 0 atom stereocenters. The van der Waals surface area contributed by atoms with Gasteiger partial charge in [-0.3, -0.25) is 9.59 Å². The van der Waals surface area contributed by atoms with E-state index in [2.05, 4.69) is 20.8 Å². The minimum Gasteiger partial charge on any atom is -0.310 e. The van der Waals surface area contributed by atoms with Crippen LogP contribution in [0.4, 0.5) is 5.82 Å². The van der Waals surface area contributed by atoms with Crippen molar-refractivity contribution in [2.75, 3.05) is 5.32 Å². The minimum absolute atomic E-state index is 0.0372. The Labute approximate surface area is 136 Å². The maximum absolute atomic E-state index is 12.0. The fourth-order valence-corrected chi connectivity index (χ4v) is 2.67. The molecule has 23 heavy (non-hydrogen) atoms. The number of anilines is 1. The highest BCUT2D eigenvalue weighted by molar-refractivity contribution is 6.05. The van der Waals surface area contributed by atoms with E-state index in [0.717, 1.165) is 31.2 Å². The van der Waals surface area contributed by atoms with Gasteiger partial charge in [-0.05, 0) is 44.4 Å². The van der Waals surface area contributed by atoms with Crippen LogP contribution in [-0.4, -0.2) is 22.5 Å². The van der Waals surface area contributed by atoms with Crippen LogP contribution in [0.3, 0.4) is 0 Å². The molecule has 0 unspecified atom stereocenters. The van der Waals surface area contributed by atoms with Gasteiger partial charge in [0.1, 0.15) is 5.82 Å². The van der Waals surface area contributed by atoms with Crippen molar-refractivity contribution >= 4 is 23.3 Å². The van der Waals surface area contributed by atoms with E-state index in [1.54, 1.807) is 19.2 Å². The molecule has 0 saturated heterocycles. The first-order valence-electron chi connectivity index (χ1n) is 8.10. The van der Waals surface area contributed by atoms with E-state index in [4.69, 9.17) is 0 Å². The van der Waals surface area contributed by atoms with Crippen molar-refractivity contribution in [1.29, 1.82) is 0 Å². The third-order valence-corrected chi connectivity index (χ3v) is 3.93. The molecular formula is C17H24N4O2. The summed E-state index contributed by atoms with van der Waals surface area (Å²) in [6, 6.07) is 3.67. The topological polar surface area (TPSA) is 83.4 Å². The molecule has 0 spiro atoms. The van der Waals surface area contributed by atoms with Gasteiger partial charge < -0.3 is 5.32 Å². The third kappa shape index (κ3) is 5.81. The SMILES string of the molecule is C/C(CC(=O)Nc1cc(C)ccn1)=N\NC(=O)C1CCCCC1. The van der Waals surface area contributed by atoms with Crippen LogP contribution in [0.1, 0.15) is 51.0 Å². The van der Waals surface area contributed by atoms with Crippen molar-refractivity contribution in [3.63, 3.8) is 0 Å². The molecule has 1 saturated carbocycles. The highest BCUT2D eigenvalue weighted by atomic mass is 16.2. The molecule has 124 valence electrons. The van der Waals surface area contributed by atoms with Crippen molar-refractivity contribution in [2.24, 2.45) is 11.0 Å². The lowest BCUT2D eigenvalue weighted by Crippen LogP contribution is -2.29. The standard InChI is InChI=1S/C17H24N4O2/c1-12-8-9-18-15(10-12)19-16(22)11-13(2)20-21-17(23)14-6-4-3-5-7-14/h8-10,14H,3-7,11H2,1-2H3,(H,21,23)(H,18,19,22)/b20-13+. The van der Waals surface area contributed by atoms with Crippen molar-refractivity contribution in [2.45, 2.75) is 52.4 Å². The Kier molecular flexibility index (Phi) is 6.26. The number of amides is 2. The lowest BCUT2D eigenvalue weighted by Gasteiger charge is -2.19. The van der Waals surface area contributed by atoms with Crippen LogP contribution in [0.25, 0.3) is 0 Å². The molecule has 1 aliphatic carbocycles. The first kappa shape index (κ1) is 17.1. The number of nitrogens with zero attached hydrogens (tertiary/aromatic N) is 2. The molecule has 0 aliphatic heterocycles. The second-order valence-electron chi connectivity index (χ2n) is 6.10. The number of rotatable bonds is 5. The number of hydrogen-bond acceptors (Lipinski definition) is 4. The van der Waals surface area contributed by atoms with Crippen molar-refractivity contribution in [3.05, 3.63) is 23.9 Å². The molecule has 2 amide bonds. The van der Waals surface area contributed by atoms with Crippen LogP contribution in [-0.2, 0) is 9.59 Å². The van der Waals surface area contributed by atoms with Crippen molar-refractivity contribution in [3.8, 4) is 0 Å². The molecule has 1 aliphatic rings. The van der Waals surface area contributed by atoms with E-state index in [0.29, 0.717) is 11.5 Å². The Balaban J connectivity index is 1.79. The molecule has 0 aromatic carbocycles. The van der Waals surface area contributed by atoms with Crippen LogP contribution in [0, 0.1) is 12.8 Å². The number of pyridine rings is 1. The van der Waals surface area contributed by atoms with Gasteiger partial charge in [-0.25, -0.2) is 10.4 Å². The molecule has 1 aromatic rings. The number of aromatic nitrogens is 1. The van der Waals surface area contributed by atoms with Crippen molar-refractivity contribution in [1.82, 2.24) is 10.4 Å². The van der Waals surface area contributed by atoms with Crippen LogP contribution in [0.15, 0.2) is 23.4 Å². The second kappa shape index (κ2) is 8.41. The largest absolute Gasteiger partial charge is 0.310 e. The Morgan fingerprint density at radius 2 is 2.04 bits per heavy atom. The second-order valence-corrected chi connectivity index (χ2v) is 6.10. The molecule has 1 heterocycles. The Hall–Kier alpha value is -2.24. The van der Waals surface area contributed by atoms with Crippen LogP contribution in [0.5, 0.6) is 0 Å². The maximum Gasteiger partial charge on any atom is 0.243 e. The normalized spacial score (nSPS) is 16.0. The van der Waals surface area contributed by atoms with Gasteiger partial charge in [-0.2, -0.15) is 5.10 Å². The smallest absolute Gasteiger partial charge is 0.243 e. The van der Waals surface area contributed by atoms with E-state index >= 15 is 0 Å². The number of carbonyl (C=O) groups is 2. The number of hydrazone groups is 1. The van der Waals surface area contributed by atoms with Crippen molar-refractivity contribution < 1.29 is 9.59 Å². The zero-order chi connectivity index (χ0) is 16.7. The molecule has 1 fully saturated rings. The molecule has 1 aromatic heterocycles. The fraction of sp³-hybridized carbons (Fsp3) is 0.529. The lowest BCUT2D eigenvalue weighted by molar-refractivity contribution is -0.126. The minimum atomic E-state index is -0.198. The number of carbonyl (C=O) groups excluding carboxylic acids is 2. The van der Waals surface area contributed by atoms with E-state index in [-0.39, 0.29) is 24.2 Å². The predicted octanol–water partition coefficient (Wildman–Crippen LogP) is 2.79. The van der Waals surface area contributed by atoms with E-state index < -0.39 is 0 Å². The summed E-state index contributed by atoms with van der Waals surface area (Å²) in [6.45, 7) is 3.66. The molecule has 6 nitrogen and oxygen atoms in total. The highest BCUT2D eigenvalue weighted by Crippen LogP contribution is 2.23. The lowest BCUT2D eigenvalue weighted by atomic mass is 9.89. The summed E-state index contributed by atoms with van der Waals surface area (Å²) in [7, 11) is 0. The zero-order valence-corrected chi connectivity index (χ0v) is 13.8. The van der Waals surface area contributed by atoms with E-state index in [1.807, 2.05) is 13.0 Å². The quantitative estimate of drug-likeness (QED) is 0.647. The predicted molar refractivity (Wildman–Crippen MR) is 90.0 cm³/mol. The van der Waals surface area contributed by atoms with Gasteiger partial charge in [0.05, 0.1) is 6.42 Å². The molecule has 2 rings (SSSR count). The monoisotopic (exact) mass is 316 g/mol. The summed E-state index contributed by atoms with van der Waals surface area (Å²) >= 11 is 0. The van der Waals surface area contributed by atoms with Crippen LogP contribution in [0.2, 0.25) is 0 Å². The average Bonchev–Trinajstić information content (AvgIpc) is 2.53. The van der Waals surface area contributed by atoms with E-state index in [9.17, 15) is 9.59 Å². The van der Waals surface area contributed by atoms with Crippen LogP contribution < -0.4 is 10.7 Å². The van der Waals surface area contributed by atoms with Gasteiger partial charge in [0.15, 0.2) is 0 Å². The summed E-state index contributed by atoms with van der Waals surface area (Å²) in [5.74, 6) is 0.348. The Morgan fingerprint density at radius 3 is 2.74 bits per heavy atom. The summed E-state index contributed by atoms with van der Waals surface area (Å²) in [5, 5.41) is 6.76. The van der Waals surface area contributed by atoms with Gasteiger partial charge >= 0.3 is 0 Å². The number of aryl methyl sites for hydroxylation is 1. The Bertz CT molecular complexity index is 592. The molecule has 6 heteroatoms. The van der Waals surface area contributed by atoms with Gasteiger partial charge in [0.2, 0.25) is 11.8 Å². The van der Waals surface area contributed by atoms with Gasteiger partial charge in [0.25, 0.3) is 0 Å². The molecule has 2 N–H and O–H groups in total. The number of nitrogens with one attached hydrogen (secondary N) is 2. The molecule has 0 bridgehead atoms. The highest BCUT2D eigenvalue weighted by Gasteiger charge is 2.20. The first-order chi connectivity index (χ1) is 11.0. The van der Waals surface area contributed by atoms with Gasteiger partial charge in [-0.15, -0.1) is 0 Å². The molecule has 0 radical (unpaired) electrons. The Morgan fingerprint density at radius 1 is 1.30 bits per heavy atom. The average molecular weight is 316 g/mol. The maximum atomic E-state index is 12.0. The summed E-state index contributed by atoms with van der Waals surface area (Å²) in [4.78, 5) is 28.0. The molecular weight excluding hydrogens is 292 g/mol. The first-order valence-corrected chi connectivity index (χ1v) is 8.10. The fourth-order valence-electron chi connectivity index (χ4n) is 2.67. The van der Waals surface area contributed by atoms with Crippen LogP contribution >= 0.6 is 0 Å². The third-order valence-electron chi connectivity index (χ3n) is 3.93. The van der Waals surface area contributed by atoms with Gasteiger partial charge in [-0.1, -0.05) is 19.3 Å². The van der Waals surface area contributed by atoms with E-state index in [1.165, 1.54) is 6.42 Å². The van der Waals surface area contributed by atoms with Gasteiger partial charge in [0, 0.05) is 17.8 Å². The summed E-state index contributed by atoms with van der Waals surface area (Å²) in [5.41, 5.74) is 4.18. The summed E-state index contributed by atoms with van der Waals surface area (Å²) in [6.07, 6.45) is 7.05. The number of hydrogen-bond donors (Lipinski definition) is 2. The summed E-state index contributed by atoms with van der Waals surface area (Å²) < 4.78 is 0.